The zero-order valence-electron chi connectivity index (χ0n) is 15.4. The molecule has 0 atom stereocenters. The zero-order valence-corrected chi connectivity index (χ0v) is 17.1. The van der Waals surface area contributed by atoms with E-state index in [1.807, 2.05) is 47.8 Å². The van der Waals surface area contributed by atoms with Gasteiger partial charge in [0, 0.05) is 10.4 Å². The first-order valence-electron chi connectivity index (χ1n) is 8.76. The molecule has 4 N–H and O–H groups in total. The lowest BCUT2D eigenvalue weighted by molar-refractivity contribution is -0.115. The van der Waals surface area contributed by atoms with Crippen molar-refractivity contribution in [2.75, 3.05) is 5.32 Å². The predicted octanol–water partition coefficient (Wildman–Crippen LogP) is 3.85. The van der Waals surface area contributed by atoms with Crippen LogP contribution >= 0.6 is 22.7 Å². The van der Waals surface area contributed by atoms with Crippen LogP contribution in [0.25, 0.3) is 21.1 Å². The molecule has 29 heavy (non-hydrogen) atoms. The van der Waals surface area contributed by atoms with Crippen molar-refractivity contribution < 1.29 is 9.59 Å². The Bertz CT molecular complexity index is 1160. The molecule has 4 aromatic rings. The summed E-state index contributed by atoms with van der Waals surface area (Å²) < 4.78 is 0. The fourth-order valence-corrected chi connectivity index (χ4v) is 4.76. The number of aromatic amines is 1. The van der Waals surface area contributed by atoms with E-state index in [4.69, 9.17) is 10.7 Å². The first-order valence-corrected chi connectivity index (χ1v) is 10.5. The quantitative estimate of drug-likeness (QED) is 0.437. The van der Waals surface area contributed by atoms with Gasteiger partial charge in [-0.3, -0.25) is 14.7 Å². The van der Waals surface area contributed by atoms with E-state index in [1.165, 1.54) is 11.3 Å². The molecule has 3 aromatic heterocycles. The van der Waals surface area contributed by atoms with E-state index < -0.39 is 5.91 Å². The number of carbonyl (C=O) groups is 2. The molecule has 0 fully saturated rings. The maximum absolute atomic E-state index is 12.8. The van der Waals surface area contributed by atoms with Gasteiger partial charge in [0.05, 0.1) is 28.4 Å². The number of nitrogens with one attached hydrogen (secondary N) is 2. The van der Waals surface area contributed by atoms with Crippen molar-refractivity contribution in [1.29, 1.82) is 0 Å². The highest BCUT2D eigenvalue weighted by Crippen LogP contribution is 2.36. The van der Waals surface area contributed by atoms with Crippen molar-refractivity contribution in [2.24, 2.45) is 5.73 Å². The monoisotopic (exact) mass is 423 g/mol. The zero-order chi connectivity index (χ0) is 20.4. The number of hydrogen-bond acceptors (Lipinski definition) is 6. The molecule has 3 heterocycles. The largest absolute Gasteiger partial charge is 0.364 e. The van der Waals surface area contributed by atoms with E-state index in [0.29, 0.717) is 11.4 Å². The number of anilines is 1. The van der Waals surface area contributed by atoms with E-state index in [0.717, 1.165) is 26.0 Å². The van der Waals surface area contributed by atoms with Crippen LogP contribution in [0.5, 0.6) is 0 Å². The van der Waals surface area contributed by atoms with Gasteiger partial charge in [-0.05, 0) is 18.4 Å². The van der Waals surface area contributed by atoms with Gasteiger partial charge in [0.25, 0.3) is 5.91 Å². The van der Waals surface area contributed by atoms with Gasteiger partial charge in [0.2, 0.25) is 5.91 Å². The van der Waals surface area contributed by atoms with E-state index in [9.17, 15) is 9.59 Å². The second-order valence-electron chi connectivity index (χ2n) is 6.30. The van der Waals surface area contributed by atoms with Crippen molar-refractivity contribution in [3.63, 3.8) is 0 Å². The molecule has 1 aromatic carbocycles. The lowest BCUT2D eigenvalue weighted by Crippen LogP contribution is -2.19. The van der Waals surface area contributed by atoms with E-state index in [-0.39, 0.29) is 18.0 Å². The van der Waals surface area contributed by atoms with Crippen LogP contribution < -0.4 is 11.1 Å². The van der Waals surface area contributed by atoms with Crippen LogP contribution in [-0.2, 0) is 11.2 Å². The Balaban J connectivity index is 1.64. The van der Waals surface area contributed by atoms with E-state index >= 15 is 0 Å². The molecule has 0 unspecified atom stereocenters. The second-order valence-corrected chi connectivity index (χ2v) is 8.33. The number of benzene rings is 1. The fourth-order valence-electron chi connectivity index (χ4n) is 2.87. The summed E-state index contributed by atoms with van der Waals surface area (Å²) in [6.07, 6.45) is 0.126. The minimum atomic E-state index is -0.701. The Labute approximate surface area is 174 Å². The average molecular weight is 424 g/mol. The number of aryl methyl sites for hydroxylation is 1. The Morgan fingerprint density at radius 3 is 2.66 bits per heavy atom. The highest BCUT2D eigenvalue weighted by atomic mass is 32.1. The predicted molar refractivity (Wildman–Crippen MR) is 115 cm³/mol. The second kappa shape index (κ2) is 7.98. The lowest BCUT2D eigenvalue weighted by atomic mass is 10.2. The van der Waals surface area contributed by atoms with Gasteiger partial charge in [-0.15, -0.1) is 22.7 Å². The third-order valence-electron chi connectivity index (χ3n) is 4.24. The molecule has 2 amide bonds. The highest BCUT2D eigenvalue weighted by molar-refractivity contribution is 7.17. The van der Waals surface area contributed by atoms with E-state index in [2.05, 4.69) is 15.5 Å². The Hall–Kier alpha value is -3.30. The smallest absolute Gasteiger partial charge is 0.271 e. The third-order valence-corrected chi connectivity index (χ3v) is 6.22. The standard InChI is InChI=1S/C20H17N5O2S2/c1-11-16(18(19(21)27)25-24-11)22-15(26)10-14-17(13-8-5-9-28-13)23-20(29-14)12-6-3-2-4-7-12/h2-9H,10H2,1H3,(H2,21,27)(H,22,26)(H,24,25). The summed E-state index contributed by atoms with van der Waals surface area (Å²) in [6.45, 7) is 1.71. The highest BCUT2D eigenvalue weighted by Gasteiger charge is 2.21. The summed E-state index contributed by atoms with van der Waals surface area (Å²) in [4.78, 5) is 30.9. The van der Waals surface area contributed by atoms with Gasteiger partial charge >= 0.3 is 0 Å². The molecule has 146 valence electrons. The molecule has 0 aliphatic heterocycles. The van der Waals surface area contributed by atoms with Crippen molar-refractivity contribution in [3.8, 4) is 21.1 Å². The van der Waals surface area contributed by atoms with Crippen LogP contribution in [0.3, 0.4) is 0 Å². The summed E-state index contributed by atoms with van der Waals surface area (Å²) in [5.74, 6) is -0.967. The van der Waals surface area contributed by atoms with Gasteiger partial charge in [-0.1, -0.05) is 36.4 Å². The van der Waals surface area contributed by atoms with Crippen molar-refractivity contribution in [3.05, 3.63) is 64.1 Å². The first kappa shape index (κ1) is 19.0. The van der Waals surface area contributed by atoms with Crippen molar-refractivity contribution in [1.82, 2.24) is 15.2 Å². The lowest BCUT2D eigenvalue weighted by Gasteiger charge is -2.05. The van der Waals surface area contributed by atoms with E-state index in [1.54, 1.807) is 18.3 Å². The average Bonchev–Trinajstić information content (AvgIpc) is 3.43. The number of thiophene rings is 1. The number of primary amides is 1. The van der Waals surface area contributed by atoms with Crippen LogP contribution in [0.15, 0.2) is 47.8 Å². The molecule has 0 bridgehead atoms. The van der Waals surface area contributed by atoms with Crippen LogP contribution in [0.2, 0.25) is 0 Å². The molecule has 0 radical (unpaired) electrons. The number of nitrogens with two attached hydrogens (primary N) is 1. The number of rotatable bonds is 6. The maximum atomic E-state index is 12.8. The Morgan fingerprint density at radius 2 is 1.97 bits per heavy atom. The minimum Gasteiger partial charge on any atom is -0.364 e. The summed E-state index contributed by atoms with van der Waals surface area (Å²) in [6, 6.07) is 13.8. The SMILES string of the molecule is Cc1[nH]nc(C(N)=O)c1NC(=O)Cc1sc(-c2ccccc2)nc1-c1cccs1. The normalized spacial score (nSPS) is 10.8. The van der Waals surface area contributed by atoms with Gasteiger partial charge in [-0.2, -0.15) is 5.10 Å². The number of nitrogens with zero attached hydrogens (tertiary/aromatic N) is 2. The molecule has 9 heteroatoms. The number of aromatic nitrogens is 3. The molecule has 0 saturated heterocycles. The van der Waals surface area contributed by atoms with Crippen molar-refractivity contribution >= 4 is 40.2 Å². The first-order chi connectivity index (χ1) is 14.0. The number of amides is 2. The molecular weight excluding hydrogens is 406 g/mol. The molecular formula is C20H17N5O2S2. The van der Waals surface area contributed by atoms with Gasteiger partial charge < -0.3 is 11.1 Å². The number of carbonyl (C=O) groups excluding carboxylic acids is 2. The molecule has 0 saturated carbocycles. The maximum Gasteiger partial charge on any atom is 0.271 e. The Morgan fingerprint density at radius 1 is 1.17 bits per heavy atom. The molecule has 7 nitrogen and oxygen atoms in total. The summed E-state index contributed by atoms with van der Waals surface area (Å²) in [5, 5.41) is 12.1. The van der Waals surface area contributed by atoms with Gasteiger partial charge in [0.1, 0.15) is 5.01 Å². The summed E-state index contributed by atoms with van der Waals surface area (Å²) in [5.41, 5.74) is 8.04. The minimum absolute atomic E-state index is 0.0172. The van der Waals surface area contributed by atoms with Crippen LogP contribution in [0, 0.1) is 6.92 Å². The summed E-state index contributed by atoms with van der Waals surface area (Å²) in [7, 11) is 0. The third kappa shape index (κ3) is 3.96. The number of hydrogen-bond donors (Lipinski definition) is 3. The summed E-state index contributed by atoms with van der Waals surface area (Å²) >= 11 is 3.06. The van der Waals surface area contributed by atoms with Crippen LogP contribution in [0.4, 0.5) is 5.69 Å². The molecule has 0 aliphatic rings. The fraction of sp³-hybridized carbons (Fsp3) is 0.100. The molecule has 0 aliphatic carbocycles. The van der Waals surface area contributed by atoms with Gasteiger partial charge in [-0.25, -0.2) is 4.98 Å². The number of H-pyrrole nitrogens is 1. The topological polar surface area (TPSA) is 114 Å². The van der Waals surface area contributed by atoms with Gasteiger partial charge in [0.15, 0.2) is 5.69 Å². The van der Waals surface area contributed by atoms with Crippen LogP contribution in [-0.4, -0.2) is 27.0 Å². The molecule has 4 rings (SSSR count). The van der Waals surface area contributed by atoms with Crippen LogP contribution in [0.1, 0.15) is 21.1 Å². The molecule has 0 spiro atoms. The van der Waals surface area contributed by atoms with Crippen molar-refractivity contribution in [2.45, 2.75) is 13.3 Å². The number of thiazole rings is 1. The Kier molecular flexibility index (Phi) is 5.24.